The van der Waals surface area contributed by atoms with E-state index >= 15 is 0 Å². The second-order valence-electron chi connectivity index (χ2n) is 5.28. The Bertz CT molecular complexity index is 601. The first kappa shape index (κ1) is 13.8. The van der Waals surface area contributed by atoms with Crippen molar-refractivity contribution in [3.63, 3.8) is 0 Å². The number of rotatable bonds is 5. The zero-order valence-electron chi connectivity index (χ0n) is 12.6. The van der Waals surface area contributed by atoms with Crippen LogP contribution in [0.15, 0.2) is 12.3 Å². The molecule has 21 heavy (non-hydrogen) atoms. The van der Waals surface area contributed by atoms with Gasteiger partial charge in [-0.05, 0) is 25.3 Å². The fourth-order valence-electron chi connectivity index (χ4n) is 2.39. The molecule has 2 aromatic rings. The molecule has 0 unspecified atom stereocenters. The van der Waals surface area contributed by atoms with Gasteiger partial charge in [0.05, 0.1) is 0 Å². The van der Waals surface area contributed by atoms with Crippen molar-refractivity contribution >= 4 is 11.9 Å². The Balaban J connectivity index is 1.95. The van der Waals surface area contributed by atoms with Gasteiger partial charge >= 0.3 is 0 Å². The molecule has 0 spiro atoms. The molecule has 1 saturated heterocycles. The Morgan fingerprint density at radius 3 is 2.67 bits per heavy atom. The van der Waals surface area contributed by atoms with Gasteiger partial charge in [-0.15, -0.1) is 0 Å². The lowest BCUT2D eigenvalue weighted by molar-refractivity contribution is 0.767. The Morgan fingerprint density at radius 1 is 1.19 bits per heavy atom. The van der Waals surface area contributed by atoms with Gasteiger partial charge in [0.1, 0.15) is 5.69 Å². The summed E-state index contributed by atoms with van der Waals surface area (Å²) >= 11 is 0. The monoisotopic (exact) mass is 287 g/mol. The molecule has 1 aliphatic heterocycles. The molecule has 3 rings (SSSR count). The lowest BCUT2D eigenvalue weighted by Crippen LogP contribution is -2.22. The van der Waals surface area contributed by atoms with Crippen molar-refractivity contribution in [2.45, 2.75) is 26.2 Å². The maximum Gasteiger partial charge on any atom is 0.230 e. The van der Waals surface area contributed by atoms with Gasteiger partial charge in [-0.25, -0.2) is 0 Å². The van der Waals surface area contributed by atoms with E-state index in [9.17, 15) is 0 Å². The Hall–Kier alpha value is -2.18. The second kappa shape index (κ2) is 6.07. The zero-order chi connectivity index (χ0) is 14.7. The van der Waals surface area contributed by atoms with Crippen molar-refractivity contribution in [2.75, 3.05) is 29.9 Å². The van der Waals surface area contributed by atoms with Crippen molar-refractivity contribution in [3.05, 3.63) is 12.3 Å². The molecule has 0 atom stereocenters. The van der Waals surface area contributed by atoms with Gasteiger partial charge in [-0.2, -0.15) is 20.1 Å². The van der Waals surface area contributed by atoms with E-state index < -0.39 is 0 Å². The molecule has 1 fully saturated rings. The molecule has 0 bridgehead atoms. The third kappa shape index (κ3) is 3.12. The summed E-state index contributed by atoms with van der Waals surface area (Å²) in [6.45, 7) is 5.00. The number of aryl methyl sites for hydroxylation is 1. The van der Waals surface area contributed by atoms with Crippen molar-refractivity contribution in [1.29, 1.82) is 0 Å². The predicted octanol–water partition coefficient (Wildman–Crippen LogP) is 1.69. The van der Waals surface area contributed by atoms with Gasteiger partial charge in [0.25, 0.3) is 0 Å². The smallest absolute Gasteiger partial charge is 0.230 e. The number of hydrogen-bond donors (Lipinski definition) is 1. The second-order valence-corrected chi connectivity index (χ2v) is 5.28. The average molecular weight is 287 g/mol. The standard InChI is InChI=1S/C14H21N7/c1-3-7-15-13-16-12(11-6-10-20(2)19-11)17-14(18-13)21-8-4-5-9-21/h6,10H,3-5,7-9H2,1-2H3,(H,15,16,17,18). The number of nitrogens with zero attached hydrogens (tertiary/aromatic N) is 6. The third-order valence-electron chi connectivity index (χ3n) is 3.49. The predicted molar refractivity (Wildman–Crippen MR) is 82.3 cm³/mol. The van der Waals surface area contributed by atoms with Gasteiger partial charge in [0.2, 0.25) is 11.9 Å². The number of aromatic nitrogens is 5. The minimum atomic E-state index is 0.631. The van der Waals surface area contributed by atoms with Crippen LogP contribution in [0, 0.1) is 0 Å². The molecule has 7 heteroatoms. The van der Waals surface area contributed by atoms with Crippen LogP contribution in [0.1, 0.15) is 26.2 Å². The quantitative estimate of drug-likeness (QED) is 0.902. The molecular weight excluding hydrogens is 266 g/mol. The van der Waals surface area contributed by atoms with Crippen LogP contribution in [0.3, 0.4) is 0 Å². The van der Waals surface area contributed by atoms with E-state index in [1.807, 2.05) is 19.3 Å². The van der Waals surface area contributed by atoms with E-state index in [-0.39, 0.29) is 0 Å². The maximum absolute atomic E-state index is 4.59. The van der Waals surface area contributed by atoms with Gasteiger partial charge in [-0.3, -0.25) is 4.68 Å². The summed E-state index contributed by atoms with van der Waals surface area (Å²) < 4.78 is 1.76. The Morgan fingerprint density at radius 2 is 2.00 bits per heavy atom. The summed E-state index contributed by atoms with van der Waals surface area (Å²) in [5.74, 6) is 2.02. The van der Waals surface area contributed by atoms with E-state index in [4.69, 9.17) is 0 Å². The van der Waals surface area contributed by atoms with Crippen molar-refractivity contribution < 1.29 is 0 Å². The molecule has 7 nitrogen and oxygen atoms in total. The van der Waals surface area contributed by atoms with E-state index in [2.05, 4.69) is 37.2 Å². The van der Waals surface area contributed by atoms with Crippen molar-refractivity contribution in [3.8, 4) is 11.5 Å². The number of hydrogen-bond acceptors (Lipinski definition) is 6. The van der Waals surface area contributed by atoms with Crippen LogP contribution < -0.4 is 10.2 Å². The van der Waals surface area contributed by atoms with E-state index in [0.29, 0.717) is 11.8 Å². The van der Waals surface area contributed by atoms with Gasteiger partial charge in [0, 0.05) is 32.9 Å². The lowest BCUT2D eigenvalue weighted by atomic mass is 10.4. The van der Waals surface area contributed by atoms with Gasteiger partial charge in [-0.1, -0.05) is 6.92 Å². The molecule has 0 aliphatic carbocycles. The molecule has 0 amide bonds. The van der Waals surface area contributed by atoms with E-state index in [0.717, 1.165) is 37.7 Å². The largest absolute Gasteiger partial charge is 0.354 e. The first-order valence-corrected chi connectivity index (χ1v) is 7.51. The maximum atomic E-state index is 4.59. The summed E-state index contributed by atoms with van der Waals surface area (Å²) in [6.07, 6.45) is 5.32. The molecule has 2 aromatic heterocycles. The molecular formula is C14H21N7. The van der Waals surface area contributed by atoms with Crippen LogP contribution in [0.5, 0.6) is 0 Å². The molecule has 0 aromatic carbocycles. The van der Waals surface area contributed by atoms with Crippen LogP contribution in [0.25, 0.3) is 11.5 Å². The summed E-state index contributed by atoms with van der Waals surface area (Å²) in [4.78, 5) is 15.8. The summed E-state index contributed by atoms with van der Waals surface area (Å²) in [5, 5.41) is 7.64. The van der Waals surface area contributed by atoms with E-state index in [1.165, 1.54) is 12.8 Å². The SMILES string of the molecule is CCCNc1nc(-c2ccn(C)n2)nc(N2CCCC2)n1. The first-order chi connectivity index (χ1) is 10.3. The topological polar surface area (TPSA) is 71.8 Å². The molecule has 0 radical (unpaired) electrons. The van der Waals surface area contributed by atoms with Crippen molar-refractivity contribution in [2.24, 2.45) is 7.05 Å². The number of nitrogens with one attached hydrogen (secondary N) is 1. The van der Waals surface area contributed by atoms with Gasteiger partial charge in [0.15, 0.2) is 5.82 Å². The first-order valence-electron chi connectivity index (χ1n) is 7.51. The Labute approximate surface area is 124 Å². The lowest BCUT2D eigenvalue weighted by Gasteiger charge is -2.16. The average Bonchev–Trinajstić information content (AvgIpc) is 3.16. The Kier molecular flexibility index (Phi) is 3.98. The minimum Gasteiger partial charge on any atom is -0.354 e. The number of anilines is 2. The van der Waals surface area contributed by atoms with E-state index in [1.54, 1.807) is 4.68 Å². The molecule has 0 saturated carbocycles. The fourth-order valence-corrected chi connectivity index (χ4v) is 2.39. The van der Waals surface area contributed by atoms with Crippen LogP contribution >= 0.6 is 0 Å². The third-order valence-corrected chi connectivity index (χ3v) is 3.49. The molecule has 3 heterocycles. The normalized spacial score (nSPS) is 14.7. The highest BCUT2D eigenvalue weighted by Gasteiger charge is 2.18. The van der Waals surface area contributed by atoms with Crippen LogP contribution in [-0.4, -0.2) is 44.4 Å². The molecule has 1 N–H and O–H groups in total. The van der Waals surface area contributed by atoms with Crippen LogP contribution in [0.4, 0.5) is 11.9 Å². The highest BCUT2D eigenvalue weighted by atomic mass is 15.3. The molecule has 112 valence electrons. The highest BCUT2D eigenvalue weighted by Crippen LogP contribution is 2.21. The minimum absolute atomic E-state index is 0.631. The fraction of sp³-hybridized carbons (Fsp3) is 0.571. The van der Waals surface area contributed by atoms with Crippen LogP contribution in [0.2, 0.25) is 0 Å². The van der Waals surface area contributed by atoms with Crippen molar-refractivity contribution in [1.82, 2.24) is 24.7 Å². The molecule has 1 aliphatic rings. The summed E-state index contributed by atoms with van der Waals surface area (Å²) in [7, 11) is 1.89. The summed E-state index contributed by atoms with van der Waals surface area (Å²) in [6, 6.07) is 1.92. The summed E-state index contributed by atoms with van der Waals surface area (Å²) in [5.41, 5.74) is 0.778. The van der Waals surface area contributed by atoms with Gasteiger partial charge < -0.3 is 10.2 Å². The van der Waals surface area contributed by atoms with Crippen LogP contribution in [-0.2, 0) is 7.05 Å². The highest BCUT2D eigenvalue weighted by molar-refractivity contribution is 5.53. The zero-order valence-corrected chi connectivity index (χ0v) is 12.6.